The summed E-state index contributed by atoms with van der Waals surface area (Å²) in [4.78, 5) is 12.0. The summed E-state index contributed by atoms with van der Waals surface area (Å²) in [7, 11) is 3.27. The summed E-state index contributed by atoms with van der Waals surface area (Å²) in [6, 6.07) is 19.1. The van der Waals surface area contributed by atoms with Crippen molar-refractivity contribution >= 4 is 0 Å². The molecule has 0 saturated heterocycles. The van der Waals surface area contributed by atoms with Crippen molar-refractivity contribution in [2.75, 3.05) is 14.2 Å². The lowest BCUT2D eigenvalue weighted by molar-refractivity contribution is 0.302. The third kappa shape index (κ3) is 4.13. The summed E-state index contributed by atoms with van der Waals surface area (Å²) in [5.41, 5.74) is 4.00. The molecule has 31 heavy (non-hydrogen) atoms. The van der Waals surface area contributed by atoms with Gasteiger partial charge in [-0.05, 0) is 58.8 Å². The van der Waals surface area contributed by atoms with E-state index in [0.717, 1.165) is 28.0 Å². The van der Waals surface area contributed by atoms with Crippen LogP contribution in [-0.4, -0.2) is 34.4 Å². The van der Waals surface area contributed by atoms with E-state index >= 15 is 0 Å². The van der Waals surface area contributed by atoms with E-state index in [-0.39, 0.29) is 6.61 Å². The maximum absolute atomic E-state index is 12.0. The highest BCUT2D eigenvalue weighted by Crippen LogP contribution is 2.34. The highest BCUT2D eigenvalue weighted by atomic mass is 16.5. The van der Waals surface area contributed by atoms with Crippen molar-refractivity contribution in [3.63, 3.8) is 0 Å². The van der Waals surface area contributed by atoms with Crippen molar-refractivity contribution in [2.45, 2.75) is 13.5 Å². The molecule has 0 aliphatic heterocycles. The Hall–Kier alpha value is -4.07. The van der Waals surface area contributed by atoms with Gasteiger partial charge in [0.15, 0.2) is 0 Å². The summed E-state index contributed by atoms with van der Waals surface area (Å²) in [6.45, 7) is 2.22. The van der Waals surface area contributed by atoms with E-state index < -0.39 is 5.69 Å². The van der Waals surface area contributed by atoms with Gasteiger partial charge >= 0.3 is 5.69 Å². The number of nitrogens with zero attached hydrogens (tertiary/aromatic N) is 3. The van der Waals surface area contributed by atoms with Gasteiger partial charge in [-0.2, -0.15) is 4.68 Å². The normalized spacial score (nSPS) is 10.7. The zero-order valence-corrected chi connectivity index (χ0v) is 17.5. The van der Waals surface area contributed by atoms with Gasteiger partial charge in [0.05, 0.1) is 19.9 Å². The maximum Gasteiger partial charge on any atom is 0.365 e. The smallest absolute Gasteiger partial charge is 0.365 e. The first-order chi connectivity index (χ1) is 15.1. The predicted octanol–water partition coefficient (Wildman–Crippen LogP) is 3.53. The SMILES string of the molecule is COc1ccc(-c2ccc(OCc3c(C)cccc3-n3nn[nH]c3=O)cc2OC)cc1. The Morgan fingerprint density at radius 3 is 2.42 bits per heavy atom. The van der Waals surface area contributed by atoms with Gasteiger partial charge in [0.1, 0.15) is 23.9 Å². The van der Waals surface area contributed by atoms with Crippen LogP contribution >= 0.6 is 0 Å². The topological polar surface area (TPSA) is 91.3 Å². The van der Waals surface area contributed by atoms with E-state index in [0.29, 0.717) is 17.2 Å². The quantitative estimate of drug-likeness (QED) is 0.494. The van der Waals surface area contributed by atoms with E-state index in [1.807, 2.05) is 67.6 Å². The van der Waals surface area contributed by atoms with Crippen LogP contribution in [0.2, 0.25) is 0 Å². The maximum atomic E-state index is 12.0. The molecular weight excluding hydrogens is 396 g/mol. The number of aromatic amines is 1. The predicted molar refractivity (Wildman–Crippen MR) is 116 cm³/mol. The molecule has 1 heterocycles. The molecule has 8 heteroatoms. The molecule has 0 radical (unpaired) electrons. The molecule has 0 fully saturated rings. The van der Waals surface area contributed by atoms with Crippen molar-refractivity contribution in [3.05, 3.63) is 82.3 Å². The van der Waals surface area contributed by atoms with Crippen LogP contribution < -0.4 is 19.9 Å². The average Bonchev–Trinajstić information content (AvgIpc) is 3.23. The summed E-state index contributed by atoms with van der Waals surface area (Å²) >= 11 is 0. The molecule has 0 spiro atoms. The van der Waals surface area contributed by atoms with Crippen LogP contribution in [0.25, 0.3) is 16.8 Å². The minimum absolute atomic E-state index is 0.256. The Morgan fingerprint density at radius 1 is 0.968 bits per heavy atom. The number of hydrogen-bond donors (Lipinski definition) is 1. The molecule has 4 rings (SSSR count). The second-order valence-electron chi connectivity index (χ2n) is 6.87. The number of nitrogens with one attached hydrogen (secondary N) is 1. The highest BCUT2D eigenvalue weighted by Gasteiger charge is 2.13. The molecular formula is C23H22N4O4. The second-order valence-corrected chi connectivity index (χ2v) is 6.87. The highest BCUT2D eigenvalue weighted by molar-refractivity contribution is 5.72. The Kier molecular flexibility index (Phi) is 5.70. The Labute approximate surface area is 179 Å². The standard InChI is InChI=1S/C23H22N4O4/c1-15-5-4-6-21(27-23(28)24-25-26-27)20(15)14-31-18-11-12-19(22(13-18)30-3)16-7-9-17(29-2)10-8-16/h4-13H,14H2,1-3H3,(H,24,26,28). The molecule has 4 aromatic rings. The van der Waals surface area contributed by atoms with E-state index in [9.17, 15) is 4.79 Å². The first kappa shape index (κ1) is 20.2. The largest absolute Gasteiger partial charge is 0.497 e. The lowest BCUT2D eigenvalue weighted by Gasteiger charge is -2.15. The number of rotatable bonds is 7. The first-order valence-electron chi connectivity index (χ1n) is 9.65. The van der Waals surface area contributed by atoms with Gasteiger partial charge in [0, 0.05) is 17.2 Å². The monoisotopic (exact) mass is 418 g/mol. The van der Waals surface area contributed by atoms with Crippen molar-refractivity contribution in [2.24, 2.45) is 0 Å². The summed E-state index contributed by atoms with van der Waals surface area (Å²) in [5.74, 6) is 2.14. The fourth-order valence-corrected chi connectivity index (χ4v) is 3.35. The molecule has 1 N–H and O–H groups in total. The van der Waals surface area contributed by atoms with Gasteiger partial charge in [-0.15, -0.1) is 0 Å². The van der Waals surface area contributed by atoms with E-state index in [4.69, 9.17) is 14.2 Å². The third-order valence-electron chi connectivity index (χ3n) is 5.04. The molecule has 0 aliphatic rings. The minimum Gasteiger partial charge on any atom is -0.497 e. The van der Waals surface area contributed by atoms with Crippen LogP contribution in [0.1, 0.15) is 11.1 Å². The van der Waals surface area contributed by atoms with Gasteiger partial charge in [-0.25, -0.2) is 9.89 Å². The number of methoxy groups -OCH3 is 2. The Bertz CT molecular complexity index is 1250. The number of aryl methyl sites for hydroxylation is 1. The van der Waals surface area contributed by atoms with Crippen LogP contribution in [0.3, 0.4) is 0 Å². The molecule has 0 atom stereocenters. The van der Waals surface area contributed by atoms with Crippen LogP contribution in [0.5, 0.6) is 17.2 Å². The number of ether oxygens (including phenoxy) is 3. The number of H-pyrrole nitrogens is 1. The lowest BCUT2D eigenvalue weighted by atomic mass is 10.0. The van der Waals surface area contributed by atoms with Crippen LogP contribution in [-0.2, 0) is 6.61 Å². The summed E-state index contributed by atoms with van der Waals surface area (Å²) in [5, 5.41) is 9.72. The third-order valence-corrected chi connectivity index (χ3v) is 5.04. The molecule has 0 amide bonds. The van der Waals surface area contributed by atoms with Crippen LogP contribution in [0, 0.1) is 6.92 Å². The molecule has 0 unspecified atom stereocenters. The molecule has 1 aromatic heterocycles. The summed E-state index contributed by atoms with van der Waals surface area (Å²) < 4.78 is 18.1. The molecule has 0 saturated carbocycles. The molecule has 158 valence electrons. The molecule has 0 bridgehead atoms. The number of tetrazole rings is 1. The minimum atomic E-state index is -0.405. The first-order valence-corrected chi connectivity index (χ1v) is 9.65. The van der Waals surface area contributed by atoms with Crippen molar-refractivity contribution in [1.29, 1.82) is 0 Å². The zero-order valence-electron chi connectivity index (χ0n) is 17.5. The second kappa shape index (κ2) is 8.74. The van der Waals surface area contributed by atoms with Crippen molar-refractivity contribution < 1.29 is 14.2 Å². The Balaban J connectivity index is 1.60. The number of benzene rings is 3. The van der Waals surface area contributed by atoms with Crippen molar-refractivity contribution in [1.82, 2.24) is 20.2 Å². The van der Waals surface area contributed by atoms with Crippen molar-refractivity contribution in [3.8, 4) is 34.1 Å². The van der Waals surface area contributed by atoms with Gasteiger partial charge < -0.3 is 14.2 Å². The van der Waals surface area contributed by atoms with Crippen LogP contribution in [0.4, 0.5) is 0 Å². The van der Waals surface area contributed by atoms with Crippen LogP contribution in [0.15, 0.2) is 65.5 Å². The van der Waals surface area contributed by atoms with Gasteiger partial charge in [0.2, 0.25) is 0 Å². The lowest BCUT2D eigenvalue weighted by Crippen LogP contribution is -2.18. The van der Waals surface area contributed by atoms with E-state index in [2.05, 4.69) is 15.5 Å². The fraction of sp³-hybridized carbons (Fsp3) is 0.174. The van der Waals surface area contributed by atoms with Gasteiger partial charge in [-0.3, -0.25) is 0 Å². The number of aromatic nitrogens is 4. The average molecular weight is 418 g/mol. The number of hydrogen-bond acceptors (Lipinski definition) is 6. The molecule has 0 aliphatic carbocycles. The van der Waals surface area contributed by atoms with E-state index in [1.165, 1.54) is 4.68 Å². The summed E-state index contributed by atoms with van der Waals surface area (Å²) in [6.07, 6.45) is 0. The van der Waals surface area contributed by atoms with Gasteiger partial charge in [-0.1, -0.05) is 24.3 Å². The van der Waals surface area contributed by atoms with E-state index in [1.54, 1.807) is 14.2 Å². The zero-order chi connectivity index (χ0) is 21.8. The molecule has 8 nitrogen and oxygen atoms in total. The fourth-order valence-electron chi connectivity index (χ4n) is 3.35. The molecule has 3 aromatic carbocycles. The Morgan fingerprint density at radius 2 is 1.74 bits per heavy atom. The van der Waals surface area contributed by atoms with Gasteiger partial charge in [0.25, 0.3) is 0 Å².